The summed E-state index contributed by atoms with van der Waals surface area (Å²) in [5.74, 6) is -0.101. The first kappa shape index (κ1) is 14.7. The summed E-state index contributed by atoms with van der Waals surface area (Å²) < 4.78 is 7.22. The number of fused-ring (bicyclic) bond motifs is 1. The lowest BCUT2D eigenvalue weighted by Gasteiger charge is -2.20. The molecule has 0 aromatic carbocycles. The quantitative estimate of drug-likeness (QED) is 0.277. The van der Waals surface area contributed by atoms with E-state index in [1.165, 1.54) is 4.57 Å². The largest absolute Gasteiger partial charge is 0.394 e. The highest BCUT2D eigenvalue weighted by atomic mass is 79.9. The number of rotatable bonds is 2. The van der Waals surface area contributed by atoms with Crippen molar-refractivity contribution >= 4 is 27.7 Å². The Morgan fingerprint density at radius 3 is 2.67 bits per heavy atom. The van der Waals surface area contributed by atoms with E-state index in [-0.39, 0.29) is 5.69 Å². The van der Waals surface area contributed by atoms with Crippen molar-refractivity contribution in [3.8, 4) is 0 Å². The second kappa shape index (κ2) is 5.19. The predicted molar refractivity (Wildman–Crippen MR) is 70.8 cm³/mol. The zero-order chi connectivity index (χ0) is 15.3. The number of H-pyrrole nitrogens is 1. The van der Waals surface area contributed by atoms with E-state index in [9.17, 15) is 15.0 Å². The minimum Gasteiger partial charge on any atom is -0.394 e. The maximum absolute atomic E-state index is 11.9. The molecule has 0 saturated carbocycles. The Labute approximate surface area is 127 Å². The van der Waals surface area contributed by atoms with E-state index in [2.05, 4.69) is 31.5 Å². The molecule has 1 saturated heterocycles. The maximum Gasteiger partial charge on any atom is 0.293 e. The number of aromatic nitrogens is 2. The molecule has 0 spiro atoms. The van der Waals surface area contributed by atoms with Gasteiger partial charge in [-0.3, -0.25) is 20.8 Å². The summed E-state index contributed by atoms with van der Waals surface area (Å²) in [6, 6.07) is 0. The van der Waals surface area contributed by atoms with Crippen molar-refractivity contribution < 1.29 is 29.4 Å². The third-order valence-corrected chi connectivity index (χ3v) is 4.08. The van der Waals surface area contributed by atoms with Crippen LogP contribution < -0.4 is 20.9 Å². The molecule has 1 aromatic rings. The van der Waals surface area contributed by atoms with Crippen LogP contribution >= 0.6 is 15.9 Å². The Kier molecular flexibility index (Phi) is 3.63. The molecule has 8 N–H and O–H groups in total. The van der Waals surface area contributed by atoms with Crippen LogP contribution in [0.4, 0.5) is 5.82 Å². The number of hydrogen-bond acceptors (Lipinski definition) is 7. The highest BCUT2D eigenvalue weighted by Gasteiger charge is 2.49. The Hall–Kier alpha value is -1.24. The summed E-state index contributed by atoms with van der Waals surface area (Å²) in [7, 11) is 0. The fraction of sp³-hybridized carbons (Fsp3) is 0.600. The highest BCUT2D eigenvalue weighted by molar-refractivity contribution is 9.10. The molecule has 0 unspecified atom stereocenters. The van der Waals surface area contributed by atoms with Crippen molar-refractivity contribution in [2.45, 2.75) is 30.8 Å². The first-order chi connectivity index (χ1) is 9.93. The van der Waals surface area contributed by atoms with Crippen molar-refractivity contribution in [2.24, 2.45) is 5.73 Å². The Bertz CT molecular complexity index is 580. The first-order valence-electron chi connectivity index (χ1n) is 6.22. The average Bonchev–Trinajstić information content (AvgIpc) is 2.89. The number of aromatic amines is 1. The lowest BCUT2D eigenvalue weighted by atomic mass is 10.1. The first-order valence-corrected chi connectivity index (χ1v) is 7.01. The van der Waals surface area contributed by atoms with Gasteiger partial charge in [0.2, 0.25) is 11.9 Å². The number of nitrogens with two attached hydrogens (primary N) is 1. The summed E-state index contributed by atoms with van der Waals surface area (Å²) in [6.07, 6.45) is -5.21. The minimum atomic E-state index is -1.27. The summed E-state index contributed by atoms with van der Waals surface area (Å²) >= 11 is 3.24. The van der Waals surface area contributed by atoms with Gasteiger partial charge in [-0.25, -0.2) is 0 Å². The normalized spacial score (nSPS) is 35.3. The molecular weight excluding hydrogens is 350 g/mol. The molecule has 11 heteroatoms. The number of ether oxygens (including phenoxy) is 1. The molecule has 10 nitrogen and oxygen atoms in total. The van der Waals surface area contributed by atoms with Gasteiger partial charge in [0, 0.05) is 15.9 Å². The van der Waals surface area contributed by atoms with E-state index in [0.29, 0.717) is 10.6 Å². The summed E-state index contributed by atoms with van der Waals surface area (Å²) in [4.78, 5) is 14.6. The van der Waals surface area contributed by atoms with E-state index in [4.69, 9.17) is 15.6 Å². The van der Waals surface area contributed by atoms with Crippen LogP contribution in [0, 0.1) is 0 Å². The number of aliphatic hydroxyl groups excluding tert-OH is 3. The Morgan fingerprint density at radius 2 is 2.05 bits per heavy atom. The van der Waals surface area contributed by atoms with Gasteiger partial charge in [-0.15, -0.1) is 0 Å². The van der Waals surface area contributed by atoms with E-state index < -0.39 is 43.3 Å². The van der Waals surface area contributed by atoms with E-state index in [1.54, 1.807) is 0 Å². The smallest absolute Gasteiger partial charge is 0.293 e. The molecule has 1 aromatic heterocycles. The number of imidazole rings is 1. The Morgan fingerprint density at radius 1 is 1.33 bits per heavy atom. The van der Waals surface area contributed by atoms with Gasteiger partial charge in [-0.2, -0.15) is 4.57 Å². The van der Waals surface area contributed by atoms with Crippen LogP contribution in [0.2, 0.25) is 0 Å². The number of aliphatic hydroxyl groups is 3. The zero-order valence-corrected chi connectivity index (χ0v) is 12.2. The number of carbonyl (C=O) groups is 1. The fourth-order valence-electron chi connectivity index (χ4n) is 2.48. The summed E-state index contributed by atoms with van der Waals surface area (Å²) in [6.45, 7) is -0.438. The van der Waals surface area contributed by atoms with Crippen LogP contribution in [-0.4, -0.2) is 57.4 Å². The molecule has 0 aliphatic carbocycles. The molecule has 2 aliphatic heterocycles. The SMILES string of the molecule is N[C@@H]1NC(=O)c2[nH]c(Br)[n+]([C@@H]3O[C@H](CO)[C@H](O)[C@@H]3O)c2N1. The van der Waals surface area contributed by atoms with Gasteiger partial charge in [0.25, 0.3) is 16.5 Å². The van der Waals surface area contributed by atoms with Crippen LogP contribution in [0.1, 0.15) is 16.7 Å². The summed E-state index contributed by atoms with van der Waals surface area (Å²) in [5.41, 5.74) is 5.86. The average molecular weight is 365 g/mol. The number of halogens is 1. The van der Waals surface area contributed by atoms with Crippen molar-refractivity contribution in [3.05, 3.63) is 10.4 Å². The van der Waals surface area contributed by atoms with Crippen LogP contribution in [0.3, 0.4) is 0 Å². The number of hydrogen-bond donors (Lipinski definition) is 7. The molecule has 5 atom stereocenters. The second-order valence-corrected chi connectivity index (χ2v) is 5.58. The molecule has 1 amide bonds. The van der Waals surface area contributed by atoms with Gasteiger partial charge in [-0.05, 0) is 0 Å². The van der Waals surface area contributed by atoms with Crippen LogP contribution in [0.5, 0.6) is 0 Å². The van der Waals surface area contributed by atoms with Crippen LogP contribution in [-0.2, 0) is 4.74 Å². The minimum absolute atomic E-state index is 0.210. The third-order valence-electron chi connectivity index (χ3n) is 3.49. The molecular formula is C10H15BrN5O5+. The van der Waals surface area contributed by atoms with Gasteiger partial charge in [0.15, 0.2) is 6.29 Å². The molecule has 0 radical (unpaired) electrons. The number of nitrogens with one attached hydrogen (secondary N) is 3. The predicted octanol–water partition coefficient (Wildman–Crippen LogP) is -2.93. The lowest BCUT2D eigenvalue weighted by Crippen LogP contribution is -2.56. The number of carbonyl (C=O) groups excluding carboxylic acids is 1. The number of amides is 1. The van der Waals surface area contributed by atoms with E-state index in [0.717, 1.165) is 0 Å². The summed E-state index contributed by atoms with van der Waals surface area (Å²) in [5, 5.41) is 34.4. The maximum atomic E-state index is 11.9. The second-order valence-electron chi connectivity index (χ2n) is 4.83. The van der Waals surface area contributed by atoms with Crippen molar-refractivity contribution in [2.75, 3.05) is 11.9 Å². The molecule has 116 valence electrons. The monoisotopic (exact) mass is 364 g/mol. The van der Waals surface area contributed by atoms with Gasteiger partial charge in [0.1, 0.15) is 18.3 Å². The van der Waals surface area contributed by atoms with Gasteiger partial charge < -0.3 is 25.4 Å². The number of anilines is 1. The third kappa shape index (κ3) is 2.22. The van der Waals surface area contributed by atoms with Crippen LogP contribution in [0.25, 0.3) is 0 Å². The highest BCUT2D eigenvalue weighted by Crippen LogP contribution is 2.29. The van der Waals surface area contributed by atoms with Crippen molar-refractivity contribution in [1.29, 1.82) is 0 Å². The molecule has 1 fully saturated rings. The van der Waals surface area contributed by atoms with Crippen molar-refractivity contribution in [3.63, 3.8) is 0 Å². The molecule has 3 rings (SSSR count). The van der Waals surface area contributed by atoms with Gasteiger partial charge in [0.05, 0.1) is 6.61 Å². The van der Waals surface area contributed by atoms with Gasteiger partial charge in [-0.1, -0.05) is 0 Å². The lowest BCUT2D eigenvalue weighted by molar-refractivity contribution is -0.762. The topological polar surface area (TPSA) is 157 Å². The van der Waals surface area contributed by atoms with Crippen molar-refractivity contribution in [1.82, 2.24) is 10.3 Å². The Balaban J connectivity index is 2.02. The fourth-order valence-corrected chi connectivity index (χ4v) is 3.05. The standard InChI is InChI=1S/C10H14BrN5O5/c11-9-13-3-6(14-10(12)15-7(3)20)16(9)8-5(19)4(18)2(1-17)21-8/h2,4-5,8,10,17-19H,1,12H2,(H2,14,15,20)/p+1/t2-,4+,5+,8-,10+/m1/s1. The zero-order valence-electron chi connectivity index (χ0n) is 10.7. The molecule has 21 heavy (non-hydrogen) atoms. The van der Waals surface area contributed by atoms with Gasteiger partial charge >= 0.3 is 0 Å². The van der Waals surface area contributed by atoms with E-state index in [1.807, 2.05) is 0 Å². The molecule has 2 aliphatic rings. The van der Waals surface area contributed by atoms with Crippen LogP contribution in [0.15, 0.2) is 4.73 Å². The molecule has 3 heterocycles. The molecule has 0 bridgehead atoms. The van der Waals surface area contributed by atoms with E-state index >= 15 is 0 Å². The number of nitrogens with zero attached hydrogens (tertiary/aromatic N) is 1.